The number of hydrogen-bond acceptors (Lipinski definition) is 22. The zero-order valence-corrected chi connectivity index (χ0v) is 52.2. The predicted molar refractivity (Wildman–Crippen MR) is 316 cm³/mol. The van der Waals surface area contributed by atoms with E-state index in [0.717, 1.165) is 64.2 Å². The number of phosphoric ester groups is 1. The quantitative estimate of drug-likeness (QED) is 0.0304. The Kier molecular flexibility index (Phi) is 40.8. The lowest BCUT2D eigenvalue weighted by Crippen LogP contribution is -2.68. The minimum Gasteiger partial charge on any atom is -0.394 e. The number of carbonyl (C=O) groups is 1. The van der Waals surface area contributed by atoms with Gasteiger partial charge in [-0.15, -0.1) is 0 Å². The van der Waals surface area contributed by atoms with E-state index in [-0.39, 0.29) is 12.8 Å². The lowest BCUT2D eigenvalue weighted by molar-refractivity contribution is -0.334. The van der Waals surface area contributed by atoms with Crippen molar-refractivity contribution in [2.45, 2.75) is 354 Å². The van der Waals surface area contributed by atoms with Gasteiger partial charge in [0.2, 0.25) is 5.91 Å². The highest BCUT2D eigenvalue weighted by Crippen LogP contribution is 2.48. The molecule has 3 rings (SSSR count). The molecule has 24 nitrogen and oxygen atoms in total. The van der Waals surface area contributed by atoms with E-state index in [0.29, 0.717) is 12.8 Å². The van der Waals surface area contributed by atoms with Crippen molar-refractivity contribution in [2.24, 2.45) is 5.73 Å². The molecule has 0 aromatic carbocycles. The Morgan fingerprint density at radius 1 is 0.506 bits per heavy atom. The van der Waals surface area contributed by atoms with Crippen LogP contribution in [0.25, 0.3) is 0 Å². The second kappa shape index (κ2) is 44.4. The van der Waals surface area contributed by atoms with Crippen LogP contribution in [0, 0.1) is 0 Å². The number of nitrogens with one attached hydrogen (secondary N) is 1. The van der Waals surface area contributed by atoms with Crippen LogP contribution >= 0.6 is 7.82 Å². The lowest BCUT2D eigenvalue weighted by atomic mass is 9.84. The van der Waals surface area contributed by atoms with Crippen molar-refractivity contribution in [1.82, 2.24) is 5.32 Å². The number of amides is 1. The average Bonchev–Trinajstić information content (AvgIpc) is 2.86. The van der Waals surface area contributed by atoms with Crippen LogP contribution in [0.4, 0.5) is 0 Å². The number of aliphatic hydroxyl groups excluding tert-OH is 13. The van der Waals surface area contributed by atoms with Gasteiger partial charge in [-0.3, -0.25) is 13.8 Å². The van der Waals surface area contributed by atoms with E-state index in [1.807, 2.05) is 0 Å². The monoisotopic (exact) mass is 1250 g/mol. The Morgan fingerprint density at radius 3 is 1.34 bits per heavy atom. The fourth-order valence-corrected chi connectivity index (χ4v) is 12.4. The molecule has 0 aromatic rings. The van der Waals surface area contributed by atoms with Gasteiger partial charge in [-0.25, -0.2) is 4.57 Å². The van der Waals surface area contributed by atoms with Crippen molar-refractivity contribution in [2.75, 3.05) is 19.8 Å². The first-order valence-electron chi connectivity index (χ1n) is 32.8. The first-order valence-corrected chi connectivity index (χ1v) is 34.3. The highest BCUT2D eigenvalue weighted by Gasteiger charge is 2.56. The van der Waals surface area contributed by atoms with Crippen molar-refractivity contribution in [1.29, 1.82) is 0 Å². The average molecular weight is 1250 g/mol. The summed E-state index contributed by atoms with van der Waals surface area (Å²) in [5.74, 6) is -0.943. The molecule has 504 valence electrons. The largest absolute Gasteiger partial charge is 0.472 e. The third-order valence-corrected chi connectivity index (χ3v) is 18.1. The van der Waals surface area contributed by atoms with Gasteiger partial charge < -0.3 is 101 Å². The van der Waals surface area contributed by atoms with Crippen molar-refractivity contribution < 1.29 is 109 Å². The number of nitrogens with two attached hydrogens (primary N) is 1. The molecule has 1 saturated carbocycles. The molecule has 17 N–H and O–H groups in total. The van der Waals surface area contributed by atoms with Crippen molar-refractivity contribution in [3.8, 4) is 0 Å². The smallest absolute Gasteiger partial charge is 0.394 e. The standard InChI is InChI=1S/C60H117N2O22P/c1-3-5-7-9-11-13-15-17-18-19-20-21-22-23-24-26-28-30-32-34-36-42(65)58(76)62-40(46(66)41(64)35-33-31-29-27-25-16-14-12-10-8-6-4-2)38-80-85(77,78)84-57-54(74)52(72)51(71)53(73)56(57)83-59-45(61)49(69)48(68)44(82-59)39-79-60-55(75)50(70)47(67)43(37-63)81-60/h40-57,59-60,63-75H,3-39,61H2,1-2H3,(H,62,76)(H,77,78)/t40-,41-,42-,43+,44+,45+,46-,47+,48+,49+,50-,51-,52-,53+,54+,55-,56+,57-,59+,60-/m0/s1. The van der Waals surface area contributed by atoms with Crippen LogP contribution in [0.3, 0.4) is 0 Å². The van der Waals surface area contributed by atoms with Gasteiger partial charge in [0.15, 0.2) is 12.6 Å². The number of hydrogen-bond donors (Lipinski definition) is 16. The second-order valence-corrected chi connectivity index (χ2v) is 25.8. The summed E-state index contributed by atoms with van der Waals surface area (Å²) in [6, 6.07) is -3.32. The van der Waals surface area contributed by atoms with Crippen LogP contribution in [-0.4, -0.2) is 219 Å². The summed E-state index contributed by atoms with van der Waals surface area (Å²) in [5.41, 5.74) is 6.13. The number of aliphatic hydroxyl groups is 13. The van der Waals surface area contributed by atoms with Crippen molar-refractivity contribution in [3.63, 3.8) is 0 Å². The SMILES string of the molecule is CCCCCCCCCCCCCCCCCCCCCC[C@H](O)C(=O)N[C@@H](COP(=O)(O)O[C@H]1[C@H](O)[C@@H](O)[C@H](O)[C@@H](O)[C@H]1O[C@H]1O[C@H](CO[C@H]2O[C@H](CO)[C@@H](O)[C@H](O)[C@@H]2O)[C@@H](O)[C@H](O)[C@H]1N)[C@H](O)[C@@H](O)CCCCCCCCCCCCCC. The molecular formula is C60H117N2O22P. The maximum atomic E-state index is 13.8. The van der Waals surface area contributed by atoms with Crippen LogP contribution in [-0.2, 0) is 37.4 Å². The summed E-state index contributed by atoms with van der Waals surface area (Å²) < 4.78 is 46.7. The maximum absolute atomic E-state index is 13.8. The Hall–Kier alpha value is -1.14. The lowest BCUT2D eigenvalue weighted by Gasteiger charge is -2.47. The Balaban J connectivity index is 1.59. The molecule has 0 aromatic heterocycles. The molecule has 1 unspecified atom stereocenters. The number of ether oxygens (including phenoxy) is 4. The van der Waals surface area contributed by atoms with Gasteiger partial charge in [0.05, 0.1) is 38.0 Å². The number of rotatable bonds is 49. The minimum atomic E-state index is -5.58. The summed E-state index contributed by atoms with van der Waals surface area (Å²) in [4.78, 5) is 24.6. The highest BCUT2D eigenvalue weighted by atomic mass is 31.2. The predicted octanol–water partition coefficient (Wildman–Crippen LogP) is 3.79. The van der Waals surface area contributed by atoms with Gasteiger partial charge in [-0.2, -0.15) is 0 Å². The highest BCUT2D eigenvalue weighted by molar-refractivity contribution is 7.47. The second-order valence-electron chi connectivity index (χ2n) is 24.4. The van der Waals surface area contributed by atoms with E-state index < -0.39 is 156 Å². The van der Waals surface area contributed by atoms with Crippen LogP contribution < -0.4 is 11.1 Å². The van der Waals surface area contributed by atoms with Gasteiger partial charge in [0, 0.05) is 0 Å². The fraction of sp³-hybridized carbons (Fsp3) is 0.983. The van der Waals surface area contributed by atoms with E-state index in [2.05, 4.69) is 19.2 Å². The molecule has 3 aliphatic rings. The third kappa shape index (κ3) is 28.9. The molecule has 1 amide bonds. The topological polar surface area (TPSA) is 411 Å². The summed E-state index contributed by atoms with van der Waals surface area (Å²) in [6.07, 6.45) is 2.82. The molecule has 85 heavy (non-hydrogen) atoms. The van der Waals surface area contributed by atoms with Gasteiger partial charge in [-0.05, 0) is 12.8 Å². The van der Waals surface area contributed by atoms with Crippen LogP contribution in [0.2, 0.25) is 0 Å². The van der Waals surface area contributed by atoms with E-state index in [1.54, 1.807) is 0 Å². The zero-order chi connectivity index (χ0) is 62.7. The molecule has 2 aliphatic heterocycles. The molecular weight excluding hydrogens is 1130 g/mol. The summed E-state index contributed by atoms with van der Waals surface area (Å²) in [5, 5.41) is 142. The summed E-state index contributed by atoms with van der Waals surface area (Å²) in [6.45, 7) is 1.88. The van der Waals surface area contributed by atoms with Crippen LogP contribution in [0.5, 0.6) is 0 Å². The number of phosphoric acid groups is 1. The number of unbranched alkanes of at least 4 members (excludes halogenated alkanes) is 30. The molecule has 2 saturated heterocycles. The van der Waals surface area contributed by atoms with Gasteiger partial charge in [0.25, 0.3) is 0 Å². The van der Waals surface area contributed by atoms with Gasteiger partial charge in [-0.1, -0.05) is 219 Å². The van der Waals surface area contributed by atoms with Crippen LogP contribution in [0.15, 0.2) is 0 Å². The summed E-state index contributed by atoms with van der Waals surface area (Å²) in [7, 11) is -5.58. The van der Waals surface area contributed by atoms with E-state index in [9.17, 15) is 80.6 Å². The molecule has 25 heteroatoms. The first-order chi connectivity index (χ1) is 40.7. The van der Waals surface area contributed by atoms with Gasteiger partial charge in [0.1, 0.15) is 91.6 Å². The van der Waals surface area contributed by atoms with E-state index in [4.69, 9.17) is 33.7 Å². The van der Waals surface area contributed by atoms with Crippen molar-refractivity contribution in [3.05, 3.63) is 0 Å². The van der Waals surface area contributed by atoms with E-state index >= 15 is 0 Å². The molecule has 21 atom stereocenters. The van der Waals surface area contributed by atoms with E-state index in [1.165, 1.54) is 128 Å². The molecule has 0 radical (unpaired) electrons. The molecule has 0 spiro atoms. The maximum Gasteiger partial charge on any atom is 0.472 e. The van der Waals surface area contributed by atoms with Crippen molar-refractivity contribution >= 4 is 13.7 Å². The summed E-state index contributed by atoms with van der Waals surface area (Å²) >= 11 is 0. The third-order valence-electron chi connectivity index (χ3n) is 17.2. The number of carbonyl (C=O) groups excluding carboxylic acids is 1. The normalized spacial score (nSPS) is 31.3. The minimum absolute atomic E-state index is 0.0747. The Morgan fingerprint density at radius 2 is 0.894 bits per heavy atom. The molecule has 3 fully saturated rings. The fourth-order valence-electron chi connectivity index (χ4n) is 11.4. The van der Waals surface area contributed by atoms with Crippen LogP contribution in [0.1, 0.15) is 232 Å². The van der Waals surface area contributed by atoms with Gasteiger partial charge >= 0.3 is 7.82 Å². The Labute approximate surface area is 506 Å². The molecule has 0 bridgehead atoms. The molecule has 2 heterocycles. The zero-order valence-electron chi connectivity index (χ0n) is 51.3. The Bertz CT molecular complexity index is 1740. The molecule has 1 aliphatic carbocycles. The first kappa shape index (κ1) is 78.1.